The van der Waals surface area contributed by atoms with Gasteiger partial charge in [0.15, 0.2) is 11.0 Å². The van der Waals surface area contributed by atoms with Crippen LogP contribution in [-0.2, 0) is 0 Å². The monoisotopic (exact) mass is 297 g/mol. The molecule has 1 aromatic heterocycles. The van der Waals surface area contributed by atoms with Crippen molar-refractivity contribution in [3.8, 4) is 0 Å². The standard InChI is InChI=1S/C9H11ClF3N5O/c1-4-5(2)7(16-15-6(4)10)17-18(8(14)19)3-9(11,12)13/h3H2,1-2H3,(H2,14,19)(H,16,17). The molecular formula is C9H11ClF3N5O. The zero-order valence-electron chi connectivity index (χ0n) is 10.0. The number of halogens is 4. The van der Waals surface area contributed by atoms with Crippen molar-refractivity contribution < 1.29 is 18.0 Å². The van der Waals surface area contributed by atoms with Crippen molar-refractivity contribution in [1.82, 2.24) is 15.2 Å². The van der Waals surface area contributed by atoms with Gasteiger partial charge >= 0.3 is 12.2 Å². The number of carbonyl (C=O) groups is 1. The van der Waals surface area contributed by atoms with E-state index in [9.17, 15) is 18.0 Å². The summed E-state index contributed by atoms with van der Waals surface area (Å²) in [4.78, 5) is 11.0. The van der Waals surface area contributed by atoms with Crippen molar-refractivity contribution in [3.63, 3.8) is 0 Å². The summed E-state index contributed by atoms with van der Waals surface area (Å²) in [5, 5.41) is 7.45. The molecule has 0 aromatic carbocycles. The van der Waals surface area contributed by atoms with Gasteiger partial charge in [-0.25, -0.2) is 9.80 Å². The van der Waals surface area contributed by atoms with Crippen molar-refractivity contribution in [3.05, 3.63) is 16.3 Å². The lowest BCUT2D eigenvalue weighted by molar-refractivity contribution is -0.137. The van der Waals surface area contributed by atoms with E-state index in [1.54, 1.807) is 13.8 Å². The second kappa shape index (κ2) is 5.47. The zero-order valence-corrected chi connectivity index (χ0v) is 10.8. The SMILES string of the molecule is Cc1c(Cl)nnc(NN(CC(F)(F)F)C(N)=O)c1C. The molecule has 0 atom stereocenters. The molecule has 10 heteroatoms. The van der Waals surface area contributed by atoms with Crippen LogP contribution in [-0.4, -0.2) is 34.0 Å². The van der Waals surface area contributed by atoms with Crippen molar-refractivity contribution in [2.45, 2.75) is 20.0 Å². The number of primary amides is 1. The van der Waals surface area contributed by atoms with Crippen LogP contribution in [0.1, 0.15) is 11.1 Å². The fraction of sp³-hybridized carbons (Fsp3) is 0.444. The van der Waals surface area contributed by atoms with Crippen molar-refractivity contribution in [1.29, 1.82) is 0 Å². The highest BCUT2D eigenvalue weighted by molar-refractivity contribution is 6.30. The molecule has 0 unspecified atom stereocenters. The van der Waals surface area contributed by atoms with E-state index < -0.39 is 18.8 Å². The first-order valence-corrected chi connectivity index (χ1v) is 5.39. The molecule has 1 rings (SSSR count). The third kappa shape index (κ3) is 4.12. The van der Waals surface area contributed by atoms with E-state index in [2.05, 4.69) is 15.6 Å². The van der Waals surface area contributed by atoms with Crippen molar-refractivity contribution >= 4 is 23.4 Å². The number of amides is 2. The maximum atomic E-state index is 12.3. The molecule has 0 radical (unpaired) electrons. The fourth-order valence-electron chi connectivity index (χ4n) is 1.16. The van der Waals surface area contributed by atoms with Gasteiger partial charge in [-0.2, -0.15) is 13.2 Å². The number of rotatable bonds is 3. The fourth-order valence-corrected chi connectivity index (χ4v) is 1.34. The number of carbonyl (C=O) groups excluding carboxylic acids is 1. The Morgan fingerprint density at radius 2 is 1.95 bits per heavy atom. The molecule has 0 saturated carbocycles. The summed E-state index contributed by atoms with van der Waals surface area (Å²) in [6, 6.07) is -1.29. The first kappa shape index (κ1) is 15.3. The highest BCUT2D eigenvalue weighted by atomic mass is 35.5. The van der Waals surface area contributed by atoms with Gasteiger partial charge in [-0.05, 0) is 19.4 Å². The average Bonchev–Trinajstić information content (AvgIpc) is 2.27. The van der Waals surface area contributed by atoms with Crippen LogP contribution in [0.2, 0.25) is 5.15 Å². The number of hydrogen-bond donors (Lipinski definition) is 2. The molecule has 1 aromatic rings. The smallest absolute Gasteiger partial charge is 0.350 e. The Labute approximate surface area is 111 Å². The first-order valence-electron chi connectivity index (χ1n) is 5.01. The highest BCUT2D eigenvalue weighted by Crippen LogP contribution is 2.22. The Morgan fingerprint density at radius 1 is 1.37 bits per heavy atom. The minimum Gasteiger partial charge on any atom is -0.350 e. The third-order valence-electron chi connectivity index (χ3n) is 2.31. The van der Waals surface area contributed by atoms with Crippen LogP contribution in [0.25, 0.3) is 0 Å². The topological polar surface area (TPSA) is 84.1 Å². The van der Waals surface area contributed by atoms with Gasteiger partial charge in [0, 0.05) is 5.56 Å². The van der Waals surface area contributed by atoms with E-state index in [1.165, 1.54) is 0 Å². The molecule has 3 N–H and O–H groups in total. The van der Waals surface area contributed by atoms with Gasteiger partial charge in [0.1, 0.15) is 6.54 Å². The van der Waals surface area contributed by atoms with Gasteiger partial charge in [0.2, 0.25) is 0 Å². The Hall–Kier alpha value is -1.77. The van der Waals surface area contributed by atoms with E-state index >= 15 is 0 Å². The minimum atomic E-state index is -4.59. The van der Waals surface area contributed by atoms with E-state index in [1.807, 2.05) is 0 Å². The van der Waals surface area contributed by atoms with Crippen LogP contribution in [0.5, 0.6) is 0 Å². The van der Waals surface area contributed by atoms with Crippen LogP contribution in [0.4, 0.5) is 23.8 Å². The van der Waals surface area contributed by atoms with Gasteiger partial charge in [-0.1, -0.05) is 11.6 Å². The van der Waals surface area contributed by atoms with Gasteiger partial charge in [-0.15, -0.1) is 10.2 Å². The quantitative estimate of drug-likeness (QED) is 0.836. The van der Waals surface area contributed by atoms with Crippen LogP contribution in [0.15, 0.2) is 0 Å². The van der Waals surface area contributed by atoms with Crippen molar-refractivity contribution in [2.24, 2.45) is 5.73 Å². The van der Waals surface area contributed by atoms with Gasteiger partial charge in [-0.3, -0.25) is 5.43 Å². The number of hydrogen-bond acceptors (Lipinski definition) is 4. The lowest BCUT2D eigenvalue weighted by Crippen LogP contribution is -2.46. The number of nitrogens with two attached hydrogens (primary N) is 1. The Balaban J connectivity index is 2.98. The lowest BCUT2D eigenvalue weighted by Gasteiger charge is -2.23. The second-order valence-corrected chi connectivity index (χ2v) is 4.10. The number of alkyl halides is 3. The van der Waals surface area contributed by atoms with E-state index in [-0.39, 0.29) is 16.0 Å². The van der Waals surface area contributed by atoms with Gasteiger partial charge < -0.3 is 5.73 Å². The number of hydrazine groups is 1. The van der Waals surface area contributed by atoms with Gasteiger partial charge in [0.25, 0.3) is 0 Å². The summed E-state index contributed by atoms with van der Waals surface area (Å²) in [7, 11) is 0. The molecule has 1 heterocycles. The number of urea groups is 1. The van der Waals surface area contributed by atoms with Crippen LogP contribution < -0.4 is 11.2 Å². The second-order valence-electron chi connectivity index (χ2n) is 3.74. The minimum absolute atomic E-state index is 0.0232. The molecule has 0 bridgehead atoms. The molecule has 19 heavy (non-hydrogen) atoms. The zero-order chi connectivity index (χ0) is 14.8. The first-order chi connectivity index (χ1) is 8.61. The van der Waals surface area contributed by atoms with Crippen LogP contribution >= 0.6 is 11.6 Å². The average molecular weight is 298 g/mol. The number of anilines is 1. The summed E-state index contributed by atoms with van der Waals surface area (Å²) in [5.41, 5.74) is 8.04. The molecule has 2 amide bonds. The van der Waals surface area contributed by atoms with Crippen molar-refractivity contribution in [2.75, 3.05) is 12.0 Å². The molecule has 0 fully saturated rings. The number of nitrogens with zero attached hydrogens (tertiary/aromatic N) is 3. The molecule has 6 nitrogen and oxygen atoms in total. The molecular weight excluding hydrogens is 287 g/mol. The van der Waals surface area contributed by atoms with E-state index in [0.29, 0.717) is 11.1 Å². The molecule has 0 aliphatic rings. The van der Waals surface area contributed by atoms with Crippen LogP contribution in [0, 0.1) is 13.8 Å². The van der Waals surface area contributed by atoms with Gasteiger partial charge in [0.05, 0.1) is 0 Å². The van der Waals surface area contributed by atoms with E-state index in [0.717, 1.165) is 0 Å². The third-order valence-corrected chi connectivity index (χ3v) is 2.67. The highest BCUT2D eigenvalue weighted by Gasteiger charge is 2.33. The van der Waals surface area contributed by atoms with Crippen LogP contribution in [0.3, 0.4) is 0 Å². The number of aromatic nitrogens is 2. The Kier molecular flexibility index (Phi) is 4.40. The molecule has 106 valence electrons. The normalized spacial score (nSPS) is 11.3. The summed E-state index contributed by atoms with van der Waals surface area (Å²) < 4.78 is 36.8. The predicted molar refractivity (Wildman–Crippen MR) is 62.5 cm³/mol. The summed E-state index contributed by atoms with van der Waals surface area (Å²) in [6.45, 7) is 1.64. The predicted octanol–water partition coefficient (Wildman–Crippen LogP) is 2.02. The van der Waals surface area contributed by atoms with E-state index in [4.69, 9.17) is 17.3 Å². The largest absolute Gasteiger partial charge is 0.408 e. The Morgan fingerprint density at radius 3 is 2.42 bits per heavy atom. The number of nitrogens with one attached hydrogen (secondary N) is 1. The molecule has 0 aliphatic carbocycles. The molecule has 0 saturated heterocycles. The lowest BCUT2D eigenvalue weighted by atomic mass is 10.2. The Bertz CT molecular complexity index is 493. The maximum Gasteiger partial charge on any atom is 0.408 e. The summed E-state index contributed by atoms with van der Waals surface area (Å²) in [6.07, 6.45) is -4.59. The summed E-state index contributed by atoms with van der Waals surface area (Å²) in [5.74, 6) is -0.0232. The maximum absolute atomic E-state index is 12.3. The summed E-state index contributed by atoms with van der Waals surface area (Å²) >= 11 is 5.70. The molecule has 0 aliphatic heterocycles. The molecule has 0 spiro atoms.